The monoisotopic (exact) mass is 821 g/mol. The lowest BCUT2D eigenvalue weighted by atomic mass is 9.71. The Morgan fingerprint density at radius 3 is 1.90 bits per heavy atom. The van der Waals surface area contributed by atoms with Crippen LogP contribution in [-0.4, -0.2) is 125 Å². The first-order valence-electron chi connectivity index (χ1n) is 21.2. The molecular weight excluding hydrogens is 747 g/mol. The standard InChI is InChI=1S/C41H73BN6O10/c1-14-31(49)44-30(25-27(2)3)32(50)45-29(17-15-16-21-43-35(53)55-37(4,5)6)33(51)47-23-19-41(20-24-47,46-36(54)56-38(7,8)9)34(52)48-22-18-28(26-48)42-57-39(10,11)40(12,13)58-42/h27-30H,14-26H2,1-13H3,(H,43,53)(H,44,49)(H,45,50)(H,46,54)/t28?,29-,30-/m1/s1. The SMILES string of the molecule is CCC(=O)N[C@H](CC(C)C)C(=O)N[C@H](CCCCNC(=O)OC(C)(C)C)C(=O)N1CCC(NC(=O)OC(C)(C)C)(C(=O)N2CCC(B3OC(C)(C)C(C)(C)O3)C2)CC1. The summed E-state index contributed by atoms with van der Waals surface area (Å²) in [4.78, 5) is 83.8. The van der Waals surface area contributed by atoms with Crippen molar-refractivity contribution in [2.24, 2.45) is 5.92 Å². The normalized spacial score (nSPS) is 21.2. The minimum Gasteiger partial charge on any atom is -0.444 e. The van der Waals surface area contributed by atoms with E-state index in [1.54, 1.807) is 58.3 Å². The third-order valence-electron chi connectivity index (χ3n) is 11.1. The van der Waals surface area contributed by atoms with Gasteiger partial charge in [-0.2, -0.15) is 0 Å². The molecule has 3 saturated heterocycles. The highest BCUT2D eigenvalue weighted by Gasteiger charge is 2.56. The summed E-state index contributed by atoms with van der Waals surface area (Å²) < 4.78 is 23.6. The highest BCUT2D eigenvalue weighted by atomic mass is 16.7. The number of unbranched alkanes of at least 4 members (excludes halogenated alkanes) is 1. The highest BCUT2D eigenvalue weighted by molar-refractivity contribution is 6.47. The van der Waals surface area contributed by atoms with Gasteiger partial charge in [0.15, 0.2) is 0 Å². The van der Waals surface area contributed by atoms with Gasteiger partial charge in [-0.05, 0) is 120 Å². The molecule has 330 valence electrons. The molecule has 0 aromatic heterocycles. The van der Waals surface area contributed by atoms with Crippen molar-refractivity contribution in [3.05, 3.63) is 0 Å². The van der Waals surface area contributed by atoms with Gasteiger partial charge in [-0.25, -0.2) is 9.59 Å². The summed E-state index contributed by atoms with van der Waals surface area (Å²) in [5.74, 6) is -1.29. The second-order valence-electron chi connectivity index (χ2n) is 19.5. The van der Waals surface area contributed by atoms with Crippen molar-refractivity contribution < 1.29 is 47.5 Å². The van der Waals surface area contributed by atoms with E-state index in [4.69, 9.17) is 18.8 Å². The molecule has 0 spiro atoms. The fraction of sp³-hybridized carbons (Fsp3) is 0.854. The van der Waals surface area contributed by atoms with Crippen LogP contribution in [0, 0.1) is 5.92 Å². The van der Waals surface area contributed by atoms with Crippen LogP contribution >= 0.6 is 0 Å². The Kier molecular flexibility index (Phi) is 16.5. The molecule has 3 fully saturated rings. The van der Waals surface area contributed by atoms with Gasteiger partial charge in [-0.1, -0.05) is 20.8 Å². The Morgan fingerprint density at radius 2 is 1.36 bits per heavy atom. The molecule has 0 aromatic carbocycles. The number of alkyl carbamates (subject to hydrolysis) is 2. The summed E-state index contributed by atoms with van der Waals surface area (Å²) in [6, 6.07) is -1.77. The van der Waals surface area contributed by atoms with E-state index in [1.807, 2.05) is 41.5 Å². The topological polar surface area (TPSA) is 194 Å². The number of ether oxygens (including phenoxy) is 2. The zero-order valence-electron chi connectivity index (χ0n) is 37.6. The van der Waals surface area contributed by atoms with E-state index in [0.29, 0.717) is 45.3 Å². The number of carbonyl (C=O) groups excluding carboxylic acids is 6. The van der Waals surface area contributed by atoms with Crippen molar-refractivity contribution in [2.45, 2.75) is 187 Å². The lowest BCUT2D eigenvalue weighted by molar-refractivity contribution is -0.144. The van der Waals surface area contributed by atoms with Crippen LogP contribution in [0.3, 0.4) is 0 Å². The number of piperidine rings is 1. The molecule has 0 saturated carbocycles. The van der Waals surface area contributed by atoms with E-state index >= 15 is 0 Å². The minimum absolute atomic E-state index is 0.0596. The zero-order valence-corrected chi connectivity index (χ0v) is 37.6. The van der Waals surface area contributed by atoms with Gasteiger partial charge >= 0.3 is 19.3 Å². The molecule has 4 N–H and O–H groups in total. The number of carbonyl (C=O) groups is 6. The lowest BCUT2D eigenvalue weighted by Crippen LogP contribution is -2.65. The molecule has 17 heteroatoms. The molecule has 0 aromatic rings. The maximum atomic E-state index is 14.5. The van der Waals surface area contributed by atoms with E-state index in [-0.39, 0.29) is 68.2 Å². The van der Waals surface area contributed by atoms with Gasteiger partial charge < -0.3 is 49.8 Å². The summed E-state index contributed by atoms with van der Waals surface area (Å²) in [5.41, 5.74) is -3.82. The summed E-state index contributed by atoms with van der Waals surface area (Å²) in [5, 5.41) is 11.4. The third-order valence-corrected chi connectivity index (χ3v) is 11.1. The van der Waals surface area contributed by atoms with Crippen molar-refractivity contribution in [3.8, 4) is 0 Å². The number of nitrogens with one attached hydrogen (secondary N) is 4. The fourth-order valence-corrected chi connectivity index (χ4v) is 7.31. The molecule has 3 atom stereocenters. The quantitative estimate of drug-likeness (QED) is 0.133. The van der Waals surface area contributed by atoms with Crippen LogP contribution in [0.1, 0.15) is 141 Å². The number of hydrogen-bond donors (Lipinski definition) is 4. The number of hydrogen-bond acceptors (Lipinski definition) is 10. The van der Waals surface area contributed by atoms with Crippen molar-refractivity contribution in [1.82, 2.24) is 31.1 Å². The summed E-state index contributed by atoms with van der Waals surface area (Å²) in [6.45, 7) is 25.6. The van der Waals surface area contributed by atoms with Gasteiger partial charge in [0.1, 0.15) is 28.8 Å². The molecule has 6 amide bonds. The molecule has 3 rings (SSSR count). The smallest absolute Gasteiger partial charge is 0.444 e. The van der Waals surface area contributed by atoms with E-state index in [9.17, 15) is 28.8 Å². The molecule has 16 nitrogen and oxygen atoms in total. The van der Waals surface area contributed by atoms with Crippen molar-refractivity contribution in [1.29, 1.82) is 0 Å². The first kappa shape index (κ1) is 48.8. The average molecular weight is 821 g/mol. The van der Waals surface area contributed by atoms with Gasteiger partial charge in [0.05, 0.1) is 11.2 Å². The van der Waals surface area contributed by atoms with Gasteiger partial charge in [0.25, 0.3) is 0 Å². The Morgan fingerprint density at radius 1 is 0.793 bits per heavy atom. The predicted molar refractivity (Wildman–Crippen MR) is 221 cm³/mol. The molecule has 3 aliphatic heterocycles. The summed E-state index contributed by atoms with van der Waals surface area (Å²) >= 11 is 0. The number of likely N-dealkylation sites (tertiary alicyclic amines) is 2. The molecule has 0 bridgehead atoms. The number of nitrogens with zero attached hydrogens (tertiary/aromatic N) is 2. The Balaban J connectivity index is 1.79. The van der Waals surface area contributed by atoms with E-state index in [0.717, 1.165) is 0 Å². The van der Waals surface area contributed by atoms with Crippen molar-refractivity contribution in [2.75, 3.05) is 32.7 Å². The van der Waals surface area contributed by atoms with Crippen LogP contribution in [-0.2, 0) is 38.0 Å². The van der Waals surface area contributed by atoms with Gasteiger partial charge in [-0.15, -0.1) is 0 Å². The van der Waals surface area contributed by atoms with Crippen LogP contribution in [0.15, 0.2) is 0 Å². The van der Waals surface area contributed by atoms with Crippen LogP contribution in [0.5, 0.6) is 0 Å². The predicted octanol–water partition coefficient (Wildman–Crippen LogP) is 4.69. The molecule has 1 unspecified atom stereocenters. The van der Waals surface area contributed by atoms with Gasteiger partial charge in [-0.3, -0.25) is 19.2 Å². The number of rotatable bonds is 15. The van der Waals surface area contributed by atoms with Crippen molar-refractivity contribution in [3.63, 3.8) is 0 Å². The Bertz CT molecular complexity index is 1450. The van der Waals surface area contributed by atoms with Crippen LogP contribution in [0.4, 0.5) is 9.59 Å². The van der Waals surface area contributed by atoms with Gasteiger partial charge in [0.2, 0.25) is 23.6 Å². The molecule has 58 heavy (non-hydrogen) atoms. The second kappa shape index (κ2) is 19.6. The lowest BCUT2D eigenvalue weighted by Gasteiger charge is -2.43. The molecular formula is C41H73BN6O10. The molecule has 3 aliphatic rings. The third kappa shape index (κ3) is 14.0. The van der Waals surface area contributed by atoms with Crippen LogP contribution < -0.4 is 21.3 Å². The second-order valence-corrected chi connectivity index (χ2v) is 19.5. The van der Waals surface area contributed by atoms with E-state index in [1.165, 1.54) is 0 Å². The zero-order chi connectivity index (χ0) is 43.9. The maximum absolute atomic E-state index is 14.5. The Labute approximate surface area is 346 Å². The minimum atomic E-state index is -1.34. The van der Waals surface area contributed by atoms with E-state index < -0.39 is 65.2 Å². The summed E-state index contributed by atoms with van der Waals surface area (Å²) in [6.07, 6.45) is 1.50. The largest absolute Gasteiger partial charge is 0.463 e. The fourth-order valence-electron chi connectivity index (χ4n) is 7.31. The molecule has 3 heterocycles. The number of amides is 6. The highest BCUT2D eigenvalue weighted by Crippen LogP contribution is 2.43. The van der Waals surface area contributed by atoms with Crippen LogP contribution in [0.25, 0.3) is 0 Å². The first-order chi connectivity index (χ1) is 26.7. The average Bonchev–Trinajstić information content (AvgIpc) is 3.66. The van der Waals surface area contributed by atoms with Gasteiger partial charge in [0, 0.05) is 45.0 Å². The summed E-state index contributed by atoms with van der Waals surface area (Å²) in [7, 11) is -0.479. The Hall–Kier alpha value is -3.60. The molecule has 0 aliphatic carbocycles. The van der Waals surface area contributed by atoms with E-state index in [2.05, 4.69) is 21.3 Å². The maximum Gasteiger partial charge on any atom is 0.463 e. The van der Waals surface area contributed by atoms with Crippen molar-refractivity contribution >= 4 is 42.9 Å². The first-order valence-corrected chi connectivity index (χ1v) is 21.2. The van der Waals surface area contributed by atoms with Crippen LogP contribution in [0.2, 0.25) is 5.82 Å². The molecule has 0 radical (unpaired) electrons.